The summed E-state index contributed by atoms with van der Waals surface area (Å²) in [6, 6.07) is 8.99. The molecule has 3 rings (SSSR count). The van der Waals surface area contributed by atoms with E-state index in [2.05, 4.69) is 43.1 Å². The van der Waals surface area contributed by atoms with E-state index < -0.39 is 17.5 Å². The third-order valence-electron chi connectivity index (χ3n) is 5.44. The van der Waals surface area contributed by atoms with Gasteiger partial charge < -0.3 is 4.90 Å². The lowest BCUT2D eigenvalue weighted by Gasteiger charge is -2.47. The largest absolute Gasteiger partial charge is 0.366 e. The highest BCUT2D eigenvalue weighted by Crippen LogP contribution is 2.44. The minimum Gasteiger partial charge on any atom is -0.366 e. The molecule has 0 spiro atoms. The first kappa shape index (κ1) is 21.0. The summed E-state index contributed by atoms with van der Waals surface area (Å²) in [6.07, 6.45) is 3.21. The van der Waals surface area contributed by atoms with Crippen molar-refractivity contribution in [3.05, 3.63) is 64.7 Å². The highest BCUT2D eigenvalue weighted by Gasteiger charge is 2.36. The van der Waals surface area contributed by atoms with Crippen molar-refractivity contribution in [1.82, 2.24) is 5.43 Å². The van der Waals surface area contributed by atoms with Crippen LogP contribution in [-0.2, 0) is 0 Å². The smallest absolute Gasteiger partial charge is 0.274 e. The van der Waals surface area contributed by atoms with E-state index in [0.717, 1.165) is 30.6 Å². The number of hydrogen-bond donors (Lipinski definition) is 1. The molecule has 0 saturated carbocycles. The molecule has 2 aromatic rings. The van der Waals surface area contributed by atoms with Gasteiger partial charge in [-0.2, -0.15) is 5.10 Å². The fraction of sp³-hybridized carbons (Fsp3) is 0.391. The van der Waals surface area contributed by atoms with E-state index in [1.807, 2.05) is 0 Å². The van der Waals surface area contributed by atoms with Crippen molar-refractivity contribution < 1.29 is 13.6 Å². The summed E-state index contributed by atoms with van der Waals surface area (Å²) in [5, 5.41) is 3.83. The van der Waals surface area contributed by atoms with Crippen molar-refractivity contribution in [2.45, 2.75) is 52.0 Å². The van der Waals surface area contributed by atoms with E-state index in [-0.39, 0.29) is 17.0 Å². The first-order valence-corrected chi connectivity index (χ1v) is 9.93. The second-order valence-corrected chi connectivity index (χ2v) is 8.18. The molecule has 0 aromatic heterocycles. The molecule has 0 saturated heterocycles. The van der Waals surface area contributed by atoms with Crippen LogP contribution in [0.2, 0.25) is 0 Å². The number of carbonyl (C=O) groups is 1. The van der Waals surface area contributed by atoms with E-state index in [1.54, 1.807) is 18.2 Å². The maximum absolute atomic E-state index is 14.8. The average Bonchev–Trinajstić information content (AvgIpc) is 2.66. The second-order valence-electron chi connectivity index (χ2n) is 8.18. The van der Waals surface area contributed by atoms with Gasteiger partial charge >= 0.3 is 0 Å². The summed E-state index contributed by atoms with van der Waals surface area (Å²) in [6.45, 7) is 9.49. The Balaban J connectivity index is 1.85. The lowest BCUT2D eigenvalue weighted by molar-refractivity contribution is 0.0951. The van der Waals surface area contributed by atoms with Gasteiger partial charge in [0.1, 0.15) is 11.6 Å². The first-order chi connectivity index (χ1) is 13.7. The SMILES string of the molecule is CCCN1c2cc(F)c(/C=N\NC(=O)c3ccccc3F)cc2C(C)CC1(C)C. The molecule has 0 aliphatic carbocycles. The normalized spacial score (nSPS) is 18.0. The van der Waals surface area contributed by atoms with Crippen LogP contribution >= 0.6 is 0 Å². The molecule has 1 N–H and O–H groups in total. The predicted octanol–water partition coefficient (Wildman–Crippen LogP) is 5.23. The highest BCUT2D eigenvalue weighted by molar-refractivity contribution is 5.95. The molecule has 2 aromatic carbocycles. The van der Waals surface area contributed by atoms with Crippen LogP contribution in [0.15, 0.2) is 41.5 Å². The molecule has 0 bridgehead atoms. The number of benzene rings is 2. The summed E-state index contributed by atoms with van der Waals surface area (Å²) in [7, 11) is 0. The van der Waals surface area contributed by atoms with Gasteiger partial charge in [-0.1, -0.05) is 26.0 Å². The summed E-state index contributed by atoms with van der Waals surface area (Å²) >= 11 is 0. The Morgan fingerprint density at radius 1 is 1.28 bits per heavy atom. The molecule has 1 atom stereocenters. The number of anilines is 1. The van der Waals surface area contributed by atoms with Gasteiger partial charge in [0.2, 0.25) is 0 Å². The maximum Gasteiger partial charge on any atom is 0.274 e. The molecule has 1 heterocycles. The molecule has 1 amide bonds. The predicted molar refractivity (Wildman–Crippen MR) is 113 cm³/mol. The lowest BCUT2D eigenvalue weighted by Crippen LogP contribution is -2.48. The summed E-state index contributed by atoms with van der Waals surface area (Å²) in [5.74, 6) is -1.44. The molecular weight excluding hydrogens is 372 g/mol. The molecule has 29 heavy (non-hydrogen) atoms. The first-order valence-electron chi connectivity index (χ1n) is 9.93. The Morgan fingerprint density at radius 3 is 2.69 bits per heavy atom. The molecule has 0 radical (unpaired) electrons. The zero-order valence-corrected chi connectivity index (χ0v) is 17.3. The third-order valence-corrected chi connectivity index (χ3v) is 5.44. The molecule has 1 unspecified atom stereocenters. The number of halogens is 2. The topological polar surface area (TPSA) is 44.7 Å². The Bertz CT molecular complexity index is 940. The summed E-state index contributed by atoms with van der Waals surface area (Å²) in [4.78, 5) is 14.3. The van der Waals surface area contributed by atoms with Crippen LogP contribution in [0.25, 0.3) is 0 Å². The van der Waals surface area contributed by atoms with Gasteiger partial charge in [-0.25, -0.2) is 14.2 Å². The summed E-state index contributed by atoms with van der Waals surface area (Å²) < 4.78 is 28.5. The van der Waals surface area contributed by atoms with E-state index in [1.165, 1.54) is 24.4 Å². The van der Waals surface area contributed by atoms with E-state index in [0.29, 0.717) is 5.56 Å². The maximum atomic E-state index is 14.8. The Morgan fingerprint density at radius 2 is 2.00 bits per heavy atom. The highest BCUT2D eigenvalue weighted by atomic mass is 19.1. The van der Waals surface area contributed by atoms with Gasteiger partial charge in [-0.3, -0.25) is 4.79 Å². The van der Waals surface area contributed by atoms with Crippen LogP contribution in [0.4, 0.5) is 14.5 Å². The molecule has 1 aliphatic rings. The monoisotopic (exact) mass is 399 g/mol. The number of amides is 1. The van der Waals surface area contributed by atoms with E-state index >= 15 is 0 Å². The number of nitrogens with zero attached hydrogens (tertiary/aromatic N) is 2. The number of carbonyl (C=O) groups excluding carboxylic acids is 1. The molecule has 1 aliphatic heterocycles. The van der Waals surface area contributed by atoms with Crippen LogP contribution in [0.5, 0.6) is 0 Å². The number of hydrogen-bond acceptors (Lipinski definition) is 3. The number of nitrogens with one attached hydrogen (secondary N) is 1. The van der Waals surface area contributed by atoms with Crippen molar-refractivity contribution in [3.63, 3.8) is 0 Å². The summed E-state index contributed by atoms with van der Waals surface area (Å²) in [5.41, 5.74) is 4.39. The quantitative estimate of drug-likeness (QED) is 0.553. The van der Waals surface area contributed by atoms with Gasteiger partial charge in [0, 0.05) is 23.3 Å². The van der Waals surface area contributed by atoms with Gasteiger partial charge in [-0.15, -0.1) is 0 Å². The number of rotatable bonds is 5. The van der Waals surface area contributed by atoms with Crippen LogP contribution in [-0.4, -0.2) is 24.2 Å². The molecule has 4 nitrogen and oxygen atoms in total. The van der Waals surface area contributed by atoms with Crippen molar-refractivity contribution in [2.75, 3.05) is 11.4 Å². The standard InChI is InChI=1S/C23H27F2N3O/c1-5-10-28-21-12-20(25)16(11-18(21)15(2)13-23(28,3)4)14-26-27-22(29)17-8-6-7-9-19(17)24/h6-9,11-12,14-15H,5,10,13H2,1-4H3,(H,27,29)/b26-14-. The van der Waals surface area contributed by atoms with Crippen molar-refractivity contribution in [1.29, 1.82) is 0 Å². The van der Waals surface area contributed by atoms with Crippen molar-refractivity contribution in [3.8, 4) is 0 Å². The molecule has 6 heteroatoms. The Hall–Kier alpha value is -2.76. The minimum atomic E-state index is -0.679. The van der Waals surface area contributed by atoms with Gasteiger partial charge in [0.25, 0.3) is 5.91 Å². The average molecular weight is 399 g/mol. The fourth-order valence-electron chi connectivity index (χ4n) is 4.13. The molecule has 154 valence electrons. The number of fused-ring (bicyclic) bond motifs is 1. The van der Waals surface area contributed by atoms with Crippen LogP contribution < -0.4 is 10.3 Å². The van der Waals surface area contributed by atoms with Gasteiger partial charge in [0.05, 0.1) is 11.8 Å². The Labute approximate surface area is 170 Å². The Kier molecular flexibility index (Phi) is 6.01. The van der Waals surface area contributed by atoms with Crippen LogP contribution in [0.1, 0.15) is 67.9 Å². The number of hydrazone groups is 1. The van der Waals surface area contributed by atoms with E-state index in [4.69, 9.17) is 0 Å². The van der Waals surface area contributed by atoms with Crippen LogP contribution in [0, 0.1) is 11.6 Å². The van der Waals surface area contributed by atoms with Crippen molar-refractivity contribution >= 4 is 17.8 Å². The lowest BCUT2D eigenvalue weighted by atomic mass is 9.79. The molecule has 0 fully saturated rings. The third kappa shape index (κ3) is 4.31. The second kappa shape index (κ2) is 8.31. The fourth-order valence-corrected chi connectivity index (χ4v) is 4.13. The van der Waals surface area contributed by atoms with E-state index in [9.17, 15) is 13.6 Å². The van der Waals surface area contributed by atoms with Crippen LogP contribution in [0.3, 0.4) is 0 Å². The zero-order valence-electron chi connectivity index (χ0n) is 17.3. The van der Waals surface area contributed by atoms with Crippen molar-refractivity contribution in [2.24, 2.45) is 5.10 Å². The van der Waals surface area contributed by atoms with Gasteiger partial charge in [0.15, 0.2) is 0 Å². The molecular formula is C23H27F2N3O. The zero-order chi connectivity index (χ0) is 21.2. The minimum absolute atomic E-state index is 0.0434. The van der Waals surface area contributed by atoms with Gasteiger partial charge in [-0.05, 0) is 62.4 Å².